The highest BCUT2D eigenvalue weighted by Crippen LogP contribution is 2.34. The van der Waals surface area contributed by atoms with Crippen LogP contribution in [0.1, 0.15) is 27.9 Å². The van der Waals surface area contributed by atoms with Crippen LogP contribution in [0.3, 0.4) is 0 Å². The van der Waals surface area contributed by atoms with E-state index in [2.05, 4.69) is 0 Å². The van der Waals surface area contributed by atoms with Gasteiger partial charge in [0.25, 0.3) is 5.56 Å². The minimum Gasteiger partial charge on any atom is -0.497 e. The zero-order chi connectivity index (χ0) is 30.2. The van der Waals surface area contributed by atoms with E-state index in [4.69, 9.17) is 19.3 Å². The number of rotatable bonds is 11. The Morgan fingerprint density at radius 3 is 2.26 bits per heavy atom. The number of hydrogen-bond donors (Lipinski definition) is 0. The first-order valence-electron chi connectivity index (χ1n) is 14.0. The predicted octanol–water partition coefficient (Wildman–Crippen LogP) is 7.37. The first kappa shape index (κ1) is 29.3. The van der Waals surface area contributed by atoms with Crippen LogP contribution >= 0.6 is 0 Å². The van der Waals surface area contributed by atoms with Gasteiger partial charge in [0, 0.05) is 23.7 Å². The van der Waals surface area contributed by atoms with Crippen molar-refractivity contribution in [2.75, 3.05) is 14.2 Å². The number of para-hydroxylation sites is 1. The first-order chi connectivity index (χ1) is 20.9. The Morgan fingerprint density at radius 1 is 0.814 bits per heavy atom. The Bertz CT molecular complexity index is 1780. The molecule has 0 unspecified atom stereocenters. The molecule has 0 saturated heterocycles. The number of aromatic nitrogens is 2. The van der Waals surface area contributed by atoms with Crippen molar-refractivity contribution >= 4 is 12.2 Å². The zero-order valence-electron chi connectivity index (χ0n) is 24.4. The quantitative estimate of drug-likeness (QED) is 0.164. The van der Waals surface area contributed by atoms with E-state index in [0.717, 1.165) is 16.7 Å². The third kappa shape index (κ3) is 7.19. The smallest absolute Gasteiger partial charge is 0.274 e. The monoisotopic (exact) mass is 576 g/mol. The van der Waals surface area contributed by atoms with Gasteiger partial charge in [-0.25, -0.2) is 9.07 Å². The van der Waals surface area contributed by atoms with Gasteiger partial charge in [0.2, 0.25) is 0 Å². The van der Waals surface area contributed by atoms with Crippen LogP contribution in [0.25, 0.3) is 23.3 Å². The largest absolute Gasteiger partial charge is 0.497 e. The van der Waals surface area contributed by atoms with Crippen LogP contribution in [0.4, 0.5) is 4.39 Å². The predicted molar refractivity (Wildman–Crippen MR) is 168 cm³/mol. The first-order valence-corrected chi connectivity index (χ1v) is 14.0. The summed E-state index contributed by atoms with van der Waals surface area (Å²) >= 11 is 0. The van der Waals surface area contributed by atoms with Crippen LogP contribution < -0.4 is 19.8 Å². The van der Waals surface area contributed by atoms with Crippen molar-refractivity contribution in [3.8, 4) is 28.4 Å². The lowest BCUT2D eigenvalue weighted by atomic mass is 9.97. The summed E-state index contributed by atoms with van der Waals surface area (Å²) in [6.45, 7) is 2.59. The molecule has 0 fully saturated rings. The molecule has 5 aromatic rings. The van der Waals surface area contributed by atoms with Crippen molar-refractivity contribution in [1.29, 1.82) is 0 Å². The van der Waals surface area contributed by atoms with Crippen molar-refractivity contribution in [2.45, 2.75) is 26.5 Å². The molecule has 0 aliphatic heterocycles. The Kier molecular flexibility index (Phi) is 9.32. The van der Waals surface area contributed by atoms with E-state index in [1.54, 1.807) is 44.6 Å². The van der Waals surface area contributed by atoms with Crippen molar-refractivity contribution in [1.82, 2.24) is 9.78 Å². The normalized spacial score (nSPS) is 11.1. The molecule has 1 heterocycles. The lowest BCUT2D eigenvalue weighted by molar-refractivity contribution is 0.307. The van der Waals surface area contributed by atoms with Crippen LogP contribution in [0, 0.1) is 12.7 Å². The lowest BCUT2D eigenvalue weighted by Crippen LogP contribution is -2.27. The highest BCUT2D eigenvalue weighted by atomic mass is 19.1. The van der Waals surface area contributed by atoms with Gasteiger partial charge in [-0.2, -0.15) is 5.10 Å². The van der Waals surface area contributed by atoms with Crippen molar-refractivity contribution in [3.63, 3.8) is 0 Å². The van der Waals surface area contributed by atoms with Gasteiger partial charge in [-0.1, -0.05) is 66.7 Å². The Balaban J connectivity index is 1.56. The number of halogens is 1. The van der Waals surface area contributed by atoms with Gasteiger partial charge in [-0.05, 0) is 66.4 Å². The zero-order valence-corrected chi connectivity index (χ0v) is 24.4. The maximum atomic E-state index is 14.0. The number of methoxy groups -OCH3 is 2. The third-order valence-corrected chi connectivity index (χ3v) is 7.07. The molecule has 1 aromatic heterocycles. The molecule has 0 atom stereocenters. The molecule has 0 radical (unpaired) electrons. The van der Waals surface area contributed by atoms with Crippen LogP contribution in [0.5, 0.6) is 17.2 Å². The van der Waals surface area contributed by atoms with E-state index < -0.39 is 0 Å². The third-order valence-electron chi connectivity index (χ3n) is 7.07. The second kappa shape index (κ2) is 13.7. The summed E-state index contributed by atoms with van der Waals surface area (Å²) < 4.78 is 32.5. The average Bonchev–Trinajstić information content (AvgIpc) is 3.03. The fourth-order valence-electron chi connectivity index (χ4n) is 4.93. The molecule has 0 spiro atoms. The van der Waals surface area contributed by atoms with E-state index in [9.17, 15) is 9.18 Å². The summed E-state index contributed by atoms with van der Waals surface area (Å²) in [7, 11) is 3.20. The SMILES string of the molecule is COc1cc(CCn2nc(C)c(-c3ccccc3OCc3ccccc3)c(C=Cc3cccc(F)c3)c2=O)cc(OC)c1. The number of benzene rings is 4. The van der Waals surface area contributed by atoms with Gasteiger partial charge >= 0.3 is 0 Å². The number of ether oxygens (including phenoxy) is 3. The molecule has 6 nitrogen and oxygen atoms in total. The van der Waals surface area contributed by atoms with Crippen molar-refractivity contribution in [3.05, 3.63) is 141 Å². The second-order valence-corrected chi connectivity index (χ2v) is 10.0. The van der Waals surface area contributed by atoms with Gasteiger partial charge in [-0.3, -0.25) is 4.79 Å². The van der Waals surface area contributed by atoms with Gasteiger partial charge in [0.15, 0.2) is 0 Å². The van der Waals surface area contributed by atoms with E-state index in [-0.39, 0.29) is 11.4 Å². The van der Waals surface area contributed by atoms with E-state index in [1.165, 1.54) is 16.8 Å². The summed E-state index contributed by atoms with van der Waals surface area (Å²) in [4.78, 5) is 14.0. The molecule has 43 heavy (non-hydrogen) atoms. The number of nitrogens with zero attached hydrogens (tertiary/aromatic N) is 2. The van der Waals surface area contributed by atoms with E-state index >= 15 is 0 Å². The Hall–Kier alpha value is -5.17. The van der Waals surface area contributed by atoms with Crippen molar-refractivity contribution in [2.24, 2.45) is 0 Å². The molecule has 0 amide bonds. The summed E-state index contributed by atoms with van der Waals surface area (Å²) in [5.41, 5.74) is 4.88. The van der Waals surface area contributed by atoms with Crippen LogP contribution in [0.2, 0.25) is 0 Å². The molecule has 0 saturated carbocycles. The van der Waals surface area contributed by atoms with Gasteiger partial charge in [-0.15, -0.1) is 0 Å². The van der Waals surface area contributed by atoms with E-state index in [0.29, 0.717) is 59.2 Å². The summed E-state index contributed by atoms with van der Waals surface area (Å²) in [5.74, 6) is 1.63. The maximum absolute atomic E-state index is 14.0. The fourth-order valence-corrected chi connectivity index (χ4v) is 4.93. The fraction of sp³-hybridized carbons (Fsp3) is 0.167. The minimum absolute atomic E-state index is 0.263. The van der Waals surface area contributed by atoms with Crippen molar-refractivity contribution < 1.29 is 18.6 Å². The number of aryl methyl sites for hydroxylation is 3. The van der Waals surface area contributed by atoms with Gasteiger partial charge < -0.3 is 14.2 Å². The van der Waals surface area contributed by atoms with E-state index in [1.807, 2.05) is 73.7 Å². The average molecular weight is 577 g/mol. The summed E-state index contributed by atoms with van der Waals surface area (Å²) in [5, 5.41) is 4.73. The molecule has 5 rings (SSSR count). The molecule has 218 valence electrons. The van der Waals surface area contributed by atoms with Gasteiger partial charge in [0.1, 0.15) is 29.7 Å². The summed E-state index contributed by atoms with van der Waals surface area (Å²) in [6, 6.07) is 29.4. The second-order valence-electron chi connectivity index (χ2n) is 10.0. The van der Waals surface area contributed by atoms with Crippen LogP contribution in [-0.4, -0.2) is 24.0 Å². The molecular formula is C36H33FN2O4. The molecule has 0 N–H and O–H groups in total. The lowest BCUT2D eigenvalue weighted by Gasteiger charge is -2.17. The Labute approximate surface area is 250 Å². The van der Waals surface area contributed by atoms with Crippen LogP contribution in [0.15, 0.2) is 102 Å². The minimum atomic E-state index is -0.348. The molecular weight excluding hydrogens is 543 g/mol. The highest BCUT2D eigenvalue weighted by Gasteiger charge is 2.19. The van der Waals surface area contributed by atoms with Gasteiger partial charge in [0.05, 0.1) is 25.5 Å². The molecule has 0 bridgehead atoms. The summed E-state index contributed by atoms with van der Waals surface area (Å²) in [6.07, 6.45) is 4.01. The number of hydrogen-bond acceptors (Lipinski definition) is 5. The maximum Gasteiger partial charge on any atom is 0.274 e. The molecule has 0 aliphatic rings. The standard InChI is InChI=1S/C36H33FN2O4/c1-25-35(32-14-7-8-15-34(32)43-24-27-10-5-4-6-11-27)33(17-16-26-12-9-13-29(37)20-26)36(40)39(38-25)19-18-28-21-30(41-2)23-31(22-28)42-3/h4-17,20-23H,18-19,24H2,1-3H3. The molecule has 7 heteroatoms. The van der Waals surface area contributed by atoms with Crippen LogP contribution in [-0.2, 0) is 19.6 Å². The molecule has 0 aliphatic carbocycles. The topological polar surface area (TPSA) is 62.6 Å². The Morgan fingerprint density at radius 2 is 1.53 bits per heavy atom. The highest BCUT2D eigenvalue weighted by molar-refractivity contribution is 5.84. The molecule has 4 aromatic carbocycles.